The van der Waals surface area contributed by atoms with Gasteiger partial charge in [-0.3, -0.25) is 0 Å². The lowest BCUT2D eigenvalue weighted by atomic mass is 10.1. The number of alkyl halides is 3. The molecule has 1 atom stereocenters. The first kappa shape index (κ1) is 15.3. The number of halogens is 3. The molecule has 0 bridgehead atoms. The molecule has 0 radical (unpaired) electrons. The van der Waals surface area contributed by atoms with Crippen LogP contribution in [0.1, 0.15) is 26.2 Å². The van der Waals surface area contributed by atoms with Crippen LogP contribution in [0.4, 0.5) is 0 Å². The zero-order chi connectivity index (χ0) is 11.4. The van der Waals surface area contributed by atoms with Gasteiger partial charge >= 0.3 is 5.95 Å². The highest BCUT2D eigenvalue weighted by Gasteiger charge is 2.38. The van der Waals surface area contributed by atoms with Crippen LogP contribution in [0.25, 0.3) is 0 Å². The molecule has 0 aromatic heterocycles. The Hall–Kier alpha value is 1.33. The Morgan fingerprint density at radius 3 is 2.14 bits per heavy atom. The van der Waals surface area contributed by atoms with Gasteiger partial charge in [0.1, 0.15) is 1.43 Å². The first-order valence-electron chi connectivity index (χ1n) is 4.17. The lowest BCUT2D eigenvalue weighted by Crippen LogP contribution is -2.28. The predicted molar refractivity (Wildman–Crippen MR) is 83.0 cm³/mol. The average Bonchev–Trinajstić information content (AvgIpc) is 2.12. The third-order valence-corrected chi connectivity index (χ3v) is 8.20. The van der Waals surface area contributed by atoms with Gasteiger partial charge in [-0.15, -0.1) is 0 Å². The molecule has 0 aromatic rings. The standard InChI is InChI=1S/C8H13I3O3/c1-2-3-4-5(9)8(10,11)6(12)7(13)14/h5,12-14H,2-4H2,1H3. The van der Waals surface area contributed by atoms with Gasteiger partial charge in [-0.25, -0.2) is 0 Å². The van der Waals surface area contributed by atoms with E-state index in [0.717, 1.165) is 19.3 Å². The number of hydrogen-bond acceptors (Lipinski definition) is 3. The third kappa shape index (κ3) is 4.45. The maximum atomic E-state index is 9.48. The Labute approximate surface area is 125 Å². The summed E-state index contributed by atoms with van der Waals surface area (Å²) in [6.07, 6.45) is 3.11. The van der Waals surface area contributed by atoms with Crippen molar-refractivity contribution in [1.29, 1.82) is 0 Å². The summed E-state index contributed by atoms with van der Waals surface area (Å²) in [4.78, 5) is 0. The molecule has 0 aromatic carbocycles. The van der Waals surface area contributed by atoms with Gasteiger partial charge in [0.2, 0.25) is 5.76 Å². The SMILES string of the molecule is CCCCC(I)C(I)(I)C(O)=C(O)O. The molecule has 14 heavy (non-hydrogen) atoms. The van der Waals surface area contributed by atoms with Crippen LogP contribution in [0.5, 0.6) is 0 Å². The third-order valence-electron chi connectivity index (χ3n) is 1.73. The summed E-state index contributed by atoms with van der Waals surface area (Å²) in [5.74, 6) is -1.33. The first-order valence-corrected chi connectivity index (χ1v) is 7.57. The maximum Gasteiger partial charge on any atom is 0.316 e. The molecule has 3 N–H and O–H groups in total. The summed E-state index contributed by atoms with van der Waals surface area (Å²) in [5, 5.41) is 27.1. The Bertz CT molecular complexity index is 212. The molecule has 0 aliphatic heterocycles. The minimum absolute atomic E-state index is 0.163. The van der Waals surface area contributed by atoms with Crippen molar-refractivity contribution in [2.75, 3.05) is 0 Å². The second-order valence-corrected chi connectivity index (χ2v) is 9.88. The van der Waals surface area contributed by atoms with E-state index in [1.54, 1.807) is 0 Å². The van der Waals surface area contributed by atoms with Crippen molar-refractivity contribution in [3.05, 3.63) is 11.7 Å². The fraction of sp³-hybridized carbons (Fsp3) is 0.750. The summed E-state index contributed by atoms with van der Waals surface area (Å²) >= 11 is 6.29. The minimum atomic E-state index is -0.980. The molecular formula is C8H13I3O3. The van der Waals surface area contributed by atoms with Gasteiger partial charge in [0, 0.05) is 3.92 Å². The van der Waals surface area contributed by atoms with E-state index in [1.807, 2.05) is 45.2 Å². The molecule has 0 fully saturated rings. The van der Waals surface area contributed by atoms with Gasteiger partial charge in [-0.2, -0.15) is 0 Å². The number of unbranched alkanes of at least 4 members (excludes halogenated alkanes) is 1. The number of aliphatic hydroxyl groups is 3. The van der Waals surface area contributed by atoms with E-state index >= 15 is 0 Å². The second-order valence-electron chi connectivity index (χ2n) is 2.90. The Kier molecular flexibility index (Phi) is 7.46. The van der Waals surface area contributed by atoms with Crippen LogP contribution >= 0.6 is 67.8 Å². The van der Waals surface area contributed by atoms with Crippen molar-refractivity contribution < 1.29 is 15.3 Å². The second kappa shape index (κ2) is 6.81. The van der Waals surface area contributed by atoms with Crippen molar-refractivity contribution in [2.45, 2.75) is 31.5 Å². The van der Waals surface area contributed by atoms with Crippen LogP contribution in [0.15, 0.2) is 11.7 Å². The van der Waals surface area contributed by atoms with Crippen LogP contribution in [-0.2, 0) is 0 Å². The van der Waals surface area contributed by atoms with Crippen LogP contribution in [-0.4, -0.2) is 20.7 Å². The van der Waals surface area contributed by atoms with Crippen molar-refractivity contribution in [3.8, 4) is 0 Å². The molecule has 3 nitrogen and oxygen atoms in total. The Balaban J connectivity index is 4.52. The molecule has 0 amide bonds. The maximum absolute atomic E-state index is 9.48. The molecule has 0 saturated heterocycles. The van der Waals surface area contributed by atoms with Crippen molar-refractivity contribution in [2.24, 2.45) is 0 Å². The lowest BCUT2D eigenvalue weighted by Gasteiger charge is -2.25. The molecule has 0 aliphatic carbocycles. The van der Waals surface area contributed by atoms with Crippen molar-refractivity contribution in [1.82, 2.24) is 0 Å². The fourth-order valence-corrected chi connectivity index (χ4v) is 2.70. The molecule has 0 rings (SSSR count). The van der Waals surface area contributed by atoms with E-state index in [4.69, 9.17) is 10.2 Å². The van der Waals surface area contributed by atoms with Gasteiger partial charge in [0.05, 0.1) is 0 Å². The molecular weight excluding hydrogens is 525 g/mol. The molecule has 0 spiro atoms. The first-order chi connectivity index (χ1) is 6.34. The van der Waals surface area contributed by atoms with Gasteiger partial charge in [-0.05, 0) is 6.42 Å². The average molecular weight is 538 g/mol. The topological polar surface area (TPSA) is 60.7 Å². The molecule has 6 heteroatoms. The summed E-state index contributed by atoms with van der Waals surface area (Å²) in [6, 6.07) is 0. The number of allylic oxidation sites excluding steroid dienone is 1. The molecule has 0 heterocycles. The van der Waals surface area contributed by atoms with E-state index < -0.39 is 7.37 Å². The van der Waals surface area contributed by atoms with E-state index in [9.17, 15) is 5.11 Å². The quantitative estimate of drug-likeness (QED) is 0.277. The Morgan fingerprint density at radius 1 is 1.29 bits per heavy atom. The van der Waals surface area contributed by atoms with Crippen LogP contribution in [0, 0.1) is 0 Å². The summed E-state index contributed by atoms with van der Waals surface area (Å²) in [6.45, 7) is 2.10. The summed E-state index contributed by atoms with van der Waals surface area (Å²) in [7, 11) is 0. The van der Waals surface area contributed by atoms with Crippen LogP contribution in [0.3, 0.4) is 0 Å². The lowest BCUT2D eigenvalue weighted by molar-refractivity contribution is 0.155. The minimum Gasteiger partial charge on any atom is -0.504 e. The molecule has 84 valence electrons. The van der Waals surface area contributed by atoms with Gasteiger partial charge in [0.25, 0.3) is 0 Å². The summed E-state index contributed by atoms with van der Waals surface area (Å²) < 4.78 is -0.486. The smallest absolute Gasteiger partial charge is 0.316 e. The van der Waals surface area contributed by atoms with Crippen LogP contribution < -0.4 is 0 Å². The van der Waals surface area contributed by atoms with Crippen molar-refractivity contribution in [3.63, 3.8) is 0 Å². The van der Waals surface area contributed by atoms with Gasteiger partial charge < -0.3 is 15.3 Å². The number of aliphatic hydroxyl groups excluding tert-OH is 2. The number of hydrogen-bond donors (Lipinski definition) is 3. The Morgan fingerprint density at radius 2 is 1.79 bits per heavy atom. The van der Waals surface area contributed by atoms with Crippen LogP contribution in [0.2, 0.25) is 0 Å². The van der Waals surface area contributed by atoms with E-state index in [0.29, 0.717) is 0 Å². The zero-order valence-electron chi connectivity index (χ0n) is 7.67. The molecule has 0 saturated carbocycles. The van der Waals surface area contributed by atoms with Crippen molar-refractivity contribution >= 4 is 67.8 Å². The largest absolute Gasteiger partial charge is 0.504 e. The zero-order valence-corrected chi connectivity index (χ0v) is 14.1. The predicted octanol–water partition coefficient (Wildman–Crippen LogP) is 4.39. The van der Waals surface area contributed by atoms with E-state index in [2.05, 4.69) is 29.5 Å². The fourth-order valence-electron chi connectivity index (χ4n) is 0.862. The van der Waals surface area contributed by atoms with Gasteiger partial charge in [0.15, 0.2) is 0 Å². The highest BCUT2D eigenvalue weighted by Crippen LogP contribution is 2.44. The van der Waals surface area contributed by atoms with E-state index in [-0.39, 0.29) is 9.68 Å². The monoisotopic (exact) mass is 538 g/mol. The van der Waals surface area contributed by atoms with Gasteiger partial charge in [-0.1, -0.05) is 87.5 Å². The summed E-state index contributed by atoms with van der Waals surface area (Å²) in [5.41, 5.74) is 0. The highest BCUT2D eigenvalue weighted by atomic mass is 127. The molecule has 1 unspecified atom stereocenters. The molecule has 0 aliphatic rings. The highest BCUT2D eigenvalue weighted by molar-refractivity contribution is 14.2. The normalized spacial score (nSPS) is 13.7. The van der Waals surface area contributed by atoms with E-state index in [1.165, 1.54) is 0 Å². The number of rotatable bonds is 5.